The zero-order valence-electron chi connectivity index (χ0n) is 9.64. The van der Waals surface area contributed by atoms with Crippen LogP contribution in [0.25, 0.3) is 0 Å². The van der Waals surface area contributed by atoms with Crippen molar-refractivity contribution in [2.45, 2.75) is 13.3 Å². The summed E-state index contributed by atoms with van der Waals surface area (Å²) in [5.41, 5.74) is 0.960. The van der Waals surface area contributed by atoms with E-state index in [9.17, 15) is 4.79 Å². The Bertz CT molecular complexity index is 335. The molecule has 0 saturated carbocycles. The van der Waals surface area contributed by atoms with Crippen molar-refractivity contribution in [2.24, 2.45) is 0 Å². The SMILES string of the molecule is CCOC(=O)CCN(C)c1ccc(O)cc1. The van der Waals surface area contributed by atoms with Gasteiger partial charge in [0, 0.05) is 19.3 Å². The predicted octanol–water partition coefficient (Wildman–Crippen LogP) is 1.78. The fourth-order valence-electron chi connectivity index (χ4n) is 1.33. The van der Waals surface area contributed by atoms with Crippen LogP contribution in [0.2, 0.25) is 0 Å². The molecule has 0 atom stereocenters. The van der Waals surface area contributed by atoms with Gasteiger partial charge in [-0.1, -0.05) is 0 Å². The van der Waals surface area contributed by atoms with E-state index >= 15 is 0 Å². The van der Waals surface area contributed by atoms with Gasteiger partial charge in [-0.05, 0) is 31.2 Å². The third kappa shape index (κ3) is 3.81. The van der Waals surface area contributed by atoms with Crippen LogP contribution in [0, 0.1) is 0 Å². The second kappa shape index (κ2) is 6.00. The number of phenols is 1. The van der Waals surface area contributed by atoms with Gasteiger partial charge in [-0.25, -0.2) is 0 Å². The van der Waals surface area contributed by atoms with Gasteiger partial charge in [0.2, 0.25) is 0 Å². The van der Waals surface area contributed by atoms with E-state index in [0.29, 0.717) is 19.6 Å². The maximum absolute atomic E-state index is 11.1. The Kier molecular flexibility index (Phi) is 4.64. The van der Waals surface area contributed by atoms with Crippen LogP contribution in [0.4, 0.5) is 5.69 Å². The number of ether oxygens (including phenoxy) is 1. The number of carbonyl (C=O) groups excluding carboxylic acids is 1. The highest BCUT2D eigenvalue weighted by Crippen LogP contribution is 2.17. The molecule has 0 aliphatic rings. The molecule has 1 aromatic rings. The molecular formula is C12H17NO3. The molecule has 4 nitrogen and oxygen atoms in total. The largest absolute Gasteiger partial charge is 0.508 e. The number of rotatable bonds is 5. The lowest BCUT2D eigenvalue weighted by atomic mass is 10.2. The molecule has 0 saturated heterocycles. The summed E-state index contributed by atoms with van der Waals surface area (Å²) < 4.78 is 4.84. The first-order chi connectivity index (χ1) is 7.63. The first-order valence-corrected chi connectivity index (χ1v) is 5.29. The Morgan fingerprint density at radius 3 is 2.56 bits per heavy atom. The van der Waals surface area contributed by atoms with Gasteiger partial charge < -0.3 is 14.7 Å². The average Bonchev–Trinajstić information content (AvgIpc) is 2.27. The van der Waals surface area contributed by atoms with Crippen LogP contribution in [0.1, 0.15) is 13.3 Å². The van der Waals surface area contributed by atoms with Gasteiger partial charge in [0.15, 0.2) is 0 Å². The molecule has 88 valence electrons. The highest BCUT2D eigenvalue weighted by molar-refractivity contribution is 5.70. The minimum absolute atomic E-state index is 0.187. The molecule has 1 rings (SSSR count). The van der Waals surface area contributed by atoms with Gasteiger partial charge in [0.05, 0.1) is 13.0 Å². The van der Waals surface area contributed by atoms with Gasteiger partial charge >= 0.3 is 5.97 Å². The molecule has 1 N–H and O–H groups in total. The number of hydrogen-bond donors (Lipinski definition) is 1. The smallest absolute Gasteiger partial charge is 0.307 e. The van der Waals surface area contributed by atoms with Crippen LogP contribution in [0.3, 0.4) is 0 Å². The number of nitrogens with zero attached hydrogens (tertiary/aromatic N) is 1. The van der Waals surface area contributed by atoms with Gasteiger partial charge in [0.25, 0.3) is 0 Å². The van der Waals surface area contributed by atoms with Crippen molar-refractivity contribution in [3.05, 3.63) is 24.3 Å². The van der Waals surface area contributed by atoms with Crippen molar-refractivity contribution >= 4 is 11.7 Å². The molecule has 0 bridgehead atoms. The number of hydrogen-bond acceptors (Lipinski definition) is 4. The van der Waals surface area contributed by atoms with E-state index in [2.05, 4.69) is 0 Å². The van der Waals surface area contributed by atoms with Gasteiger partial charge in [-0.3, -0.25) is 4.79 Å². The molecule has 0 aliphatic heterocycles. The minimum Gasteiger partial charge on any atom is -0.508 e. The van der Waals surface area contributed by atoms with E-state index in [1.54, 1.807) is 31.2 Å². The van der Waals surface area contributed by atoms with Crippen LogP contribution < -0.4 is 4.90 Å². The van der Waals surface area contributed by atoms with Crippen molar-refractivity contribution in [1.29, 1.82) is 0 Å². The zero-order chi connectivity index (χ0) is 12.0. The van der Waals surface area contributed by atoms with Crippen LogP contribution in [0.5, 0.6) is 5.75 Å². The first-order valence-electron chi connectivity index (χ1n) is 5.29. The van der Waals surface area contributed by atoms with Crippen LogP contribution in [0.15, 0.2) is 24.3 Å². The van der Waals surface area contributed by atoms with E-state index in [0.717, 1.165) is 5.69 Å². The Labute approximate surface area is 95.5 Å². The molecule has 1 aromatic carbocycles. The summed E-state index contributed by atoms with van der Waals surface area (Å²) in [4.78, 5) is 13.1. The zero-order valence-corrected chi connectivity index (χ0v) is 9.64. The van der Waals surface area contributed by atoms with Crippen molar-refractivity contribution in [3.63, 3.8) is 0 Å². The minimum atomic E-state index is -0.187. The summed E-state index contributed by atoms with van der Waals surface area (Å²) >= 11 is 0. The molecule has 0 heterocycles. The lowest BCUT2D eigenvalue weighted by Crippen LogP contribution is -2.21. The van der Waals surface area contributed by atoms with Gasteiger partial charge in [-0.15, -0.1) is 0 Å². The quantitative estimate of drug-likeness (QED) is 0.773. The second-order valence-corrected chi connectivity index (χ2v) is 3.49. The number of anilines is 1. The van der Waals surface area contributed by atoms with Crippen LogP contribution in [-0.4, -0.2) is 31.3 Å². The van der Waals surface area contributed by atoms with E-state index in [4.69, 9.17) is 9.84 Å². The van der Waals surface area contributed by atoms with Crippen molar-refractivity contribution in [1.82, 2.24) is 0 Å². The number of aromatic hydroxyl groups is 1. The second-order valence-electron chi connectivity index (χ2n) is 3.49. The summed E-state index contributed by atoms with van der Waals surface area (Å²) in [5, 5.41) is 9.13. The number of phenolic OH excluding ortho intramolecular Hbond substituents is 1. The Hall–Kier alpha value is -1.71. The Morgan fingerprint density at radius 2 is 2.00 bits per heavy atom. The normalized spacial score (nSPS) is 9.88. The average molecular weight is 223 g/mol. The maximum atomic E-state index is 11.1. The molecule has 16 heavy (non-hydrogen) atoms. The molecule has 4 heteroatoms. The Morgan fingerprint density at radius 1 is 1.38 bits per heavy atom. The lowest BCUT2D eigenvalue weighted by Gasteiger charge is -2.18. The summed E-state index contributed by atoms with van der Waals surface area (Å²) in [6, 6.07) is 6.85. The van der Waals surface area contributed by atoms with Crippen LogP contribution in [-0.2, 0) is 9.53 Å². The molecule has 0 fully saturated rings. The number of carbonyl (C=O) groups is 1. The third-order valence-corrected chi connectivity index (χ3v) is 2.25. The van der Waals surface area contributed by atoms with Gasteiger partial charge in [-0.2, -0.15) is 0 Å². The highest BCUT2D eigenvalue weighted by atomic mass is 16.5. The number of benzene rings is 1. The van der Waals surface area contributed by atoms with Crippen molar-refractivity contribution in [3.8, 4) is 5.75 Å². The van der Waals surface area contributed by atoms with E-state index in [1.807, 2.05) is 11.9 Å². The number of esters is 1. The fraction of sp³-hybridized carbons (Fsp3) is 0.417. The monoisotopic (exact) mass is 223 g/mol. The summed E-state index contributed by atoms with van der Waals surface area (Å²) in [6.07, 6.45) is 0.366. The maximum Gasteiger partial charge on any atom is 0.307 e. The van der Waals surface area contributed by atoms with E-state index in [-0.39, 0.29) is 11.7 Å². The fourth-order valence-corrected chi connectivity index (χ4v) is 1.33. The van der Waals surface area contributed by atoms with Crippen molar-refractivity contribution in [2.75, 3.05) is 25.1 Å². The predicted molar refractivity (Wildman–Crippen MR) is 62.6 cm³/mol. The summed E-state index contributed by atoms with van der Waals surface area (Å²) in [5.74, 6) is 0.0515. The third-order valence-electron chi connectivity index (χ3n) is 2.25. The lowest BCUT2D eigenvalue weighted by molar-refractivity contribution is -0.142. The summed E-state index contributed by atoms with van der Waals surface area (Å²) in [7, 11) is 1.89. The van der Waals surface area contributed by atoms with E-state index < -0.39 is 0 Å². The molecule has 0 spiro atoms. The van der Waals surface area contributed by atoms with Crippen LogP contribution >= 0.6 is 0 Å². The van der Waals surface area contributed by atoms with Crippen molar-refractivity contribution < 1.29 is 14.6 Å². The standard InChI is InChI=1S/C12H17NO3/c1-3-16-12(15)8-9-13(2)10-4-6-11(14)7-5-10/h4-7,14H,3,8-9H2,1-2H3. The molecule has 0 aliphatic carbocycles. The van der Waals surface area contributed by atoms with E-state index in [1.165, 1.54) is 0 Å². The molecule has 0 aromatic heterocycles. The topological polar surface area (TPSA) is 49.8 Å². The highest BCUT2D eigenvalue weighted by Gasteiger charge is 2.05. The molecular weight excluding hydrogens is 206 g/mol. The first kappa shape index (κ1) is 12.4. The molecule has 0 radical (unpaired) electrons. The van der Waals surface area contributed by atoms with Gasteiger partial charge in [0.1, 0.15) is 5.75 Å². The Balaban J connectivity index is 2.43. The molecule has 0 amide bonds. The molecule has 0 unspecified atom stereocenters. The summed E-state index contributed by atoms with van der Waals surface area (Å²) in [6.45, 7) is 2.81.